The minimum absolute atomic E-state index is 0.201. The predicted molar refractivity (Wildman–Crippen MR) is 111 cm³/mol. The lowest BCUT2D eigenvalue weighted by Crippen LogP contribution is -2.12. The largest absolute Gasteiger partial charge is 0.354 e. The Labute approximate surface area is 159 Å². The van der Waals surface area contributed by atoms with E-state index < -0.39 is 0 Å². The van der Waals surface area contributed by atoms with Crippen LogP contribution < -0.4 is 5.32 Å². The van der Waals surface area contributed by atoms with Crippen molar-refractivity contribution in [1.29, 1.82) is 0 Å². The Morgan fingerprint density at radius 3 is 2.93 bits per heavy atom. The number of H-pyrrole nitrogens is 1. The quantitative estimate of drug-likeness (QED) is 0.458. The number of fused-ring (bicyclic) bond motifs is 4. The van der Waals surface area contributed by atoms with Crippen LogP contribution in [-0.2, 0) is 6.42 Å². The highest BCUT2D eigenvalue weighted by molar-refractivity contribution is 7.17. The molecule has 0 aliphatic rings. The van der Waals surface area contributed by atoms with Crippen molar-refractivity contribution in [3.63, 3.8) is 0 Å². The maximum Gasteiger partial charge on any atom is 0.275 e. The van der Waals surface area contributed by atoms with E-state index in [0.717, 1.165) is 28.0 Å². The fourth-order valence-corrected chi connectivity index (χ4v) is 4.39. The number of benzene rings is 2. The molecule has 5 aromatic rings. The zero-order valence-electron chi connectivity index (χ0n) is 15.0. The molecule has 0 saturated carbocycles. The third kappa shape index (κ3) is 2.61. The first kappa shape index (κ1) is 16.1. The van der Waals surface area contributed by atoms with E-state index in [1.807, 2.05) is 29.7 Å². The summed E-state index contributed by atoms with van der Waals surface area (Å²) in [6, 6.07) is 12.3. The number of imidazole rings is 1. The Morgan fingerprint density at radius 1 is 1.22 bits per heavy atom. The molecule has 0 saturated heterocycles. The van der Waals surface area contributed by atoms with Gasteiger partial charge in [0.15, 0.2) is 4.96 Å². The number of aryl methyl sites for hydroxylation is 2. The molecule has 0 bridgehead atoms. The van der Waals surface area contributed by atoms with Gasteiger partial charge >= 0.3 is 0 Å². The number of hydrogen-bond acceptors (Lipinski definition) is 3. The molecule has 0 aliphatic heterocycles. The Kier molecular flexibility index (Phi) is 3.55. The van der Waals surface area contributed by atoms with E-state index in [1.165, 1.54) is 21.3 Å². The minimum Gasteiger partial charge on any atom is -0.354 e. The molecule has 0 radical (unpaired) electrons. The molecule has 2 N–H and O–H groups in total. The fraction of sp³-hybridized carbons (Fsp3) is 0.143. The van der Waals surface area contributed by atoms with Crippen molar-refractivity contribution in [3.8, 4) is 0 Å². The van der Waals surface area contributed by atoms with E-state index >= 15 is 0 Å². The van der Waals surface area contributed by atoms with E-state index in [2.05, 4.69) is 46.5 Å². The Hall–Kier alpha value is -3.12. The number of aromatic nitrogens is 3. The molecule has 0 aliphatic carbocycles. The fourth-order valence-electron chi connectivity index (χ4n) is 3.58. The molecule has 134 valence electrons. The van der Waals surface area contributed by atoms with Gasteiger partial charge in [0.2, 0.25) is 0 Å². The van der Waals surface area contributed by atoms with Gasteiger partial charge in [0.25, 0.3) is 5.91 Å². The van der Waals surface area contributed by atoms with Crippen LogP contribution in [0.1, 0.15) is 27.9 Å². The lowest BCUT2D eigenvalue weighted by molar-refractivity contribution is 0.102. The molecule has 0 fully saturated rings. The summed E-state index contributed by atoms with van der Waals surface area (Å²) in [6.07, 6.45) is 4.72. The van der Waals surface area contributed by atoms with Crippen LogP contribution in [0.25, 0.3) is 26.8 Å². The maximum absolute atomic E-state index is 12.6. The Bertz CT molecular complexity index is 1290. The molecule has 3 heterocycles. The van der Waals surface area contributed by atoms with E-state index in [-0.39, 0.29) is 5.91 Å². The number of aromatic amines is 1. The molecule has 1 amide bonds. The second-order valence-electron chi connectivity index (χ2n) is 6.69. The van der Waals surface area contributed by atoms with Gasteiger partial charge in [-0.15, -0.1) is 11.3 Å². The third-order valence-electron chi connectivity index (χ3n) is 4.86. The molecule has 5 rings (SSSR count). The number of carbonyl (C=O) groups excluding carboxylic acids is 1. The first-order valence-electron chi connectivity index (χ1n) is 8.92. The van der Waals surface area contributed by atoms with Crippen molar-refractivity contribution in [1.82, 2.24) is 14.4 Å². The molecule has 0 unspecified atom stereocenters. The summed E-state index contributed by atoms with van der Waals surface area (Å²) < 4.78 is 1.89. The first-order valence-corrected chi connectivity index (χ1v) is 9.74. The number of thiazole rings is 1. The number of anilines is 1. The zero-order valence-corrected chi connectivity index (χ0v) is 15.9. The molecule has 0 atom stereocenters. The monoisotopic (exact) mass is 374 g/mol. The highest BCUT2D eigenvalue weighted by Gasteiger charge is 2.14. The van der Waals surface area contributed by atoms with E-state index in [9.17, 15) is 4.79 Å². The highest BCUT2D eigenvalue weighted by Crippen LogP contribution is 2.30. The van der Waals surface area contributed by atoms with Crippen molar-refractivity contribution in [3.05, 3.63) is 64.9 Å². The van der Waals surface area contributed by atoms with Crippen LogP contribution in [0.3, 0.4) is 0 Å². The maximum atomic E-state index is 12.6. The predicted octanol–water partition coefficient (Wildman–Crippen LogP) is 5.15. The number of amides is 1. The van der Waals surface area contributed by atoms with E-state index in [0.29, 0.717) is 5.69 Å². The van der Waals surface area contributed by atoms with Gasteiger partial charge in [-0.2, -0.15) is 0 Å². The molecule has 3 aromatic heterocycles. The van der Waals surface area contributed by atoms with Crippen LogP contribution >= 0.6 is 11.3 Å². The minimum atomic E-state index is -0.201. The summed E-state index contributed by atoms with van der Waals surface area (Å²) in [6.45, 7) is 4.18. The first-order chi connectivity index (χ1) is 13.1. The molecule has 5 nitrogen and oxygen atoms in total. The van der Waals surface area contributed by atoms with Crippen LogP contribution in [0, 0.1) is 6.92 Å². The van der Waals surface area contributed by atoms with Crippen LogP contribution in [0.15, 0.2) is 48.8 Å². The Balaban J connectivity index is 1.49. The number of nitrogens with zero attached hydrogens (tertiary/aromatic N) is 2. The molecule has 2 aromatic carbocycles. The summed E-state index contributed by atoms with van der Waals surface area (Å²) in [4.78, 5) is 22.5. The number of nitrogens with one attached hydrogen (secondary N) is 2. The average molecular weight is 374 g/mol. The van der Waals surface area contributed by atoms with Gasteiger partial charge in [-0.25, -0.2) is 4.98 Å². The summed E-state index contributed by atoms with van der Waals surface area (Å²) in [5, 5.41) is 5.34. The Morgan fingerprint density at radius 2 is 2.11 bits per heavy atom. The average Bonchev–Trinajstić information content (AvgIpc) is 3.31. The molecule has 0 spiro atoms. The van der Waals surface area contributed by atoms with Gasteiger partial charge in [0.05, 0.1) is 0 Å². The van der Waals surface area contributed by atoms with Gasteiger partial charge in [-0.05, 0) is 31.0 Å². The summed E-state index contributed by atoms with van der Waals surface area (Å²) in [5.41, 5.74) is 4.66. The van der Waals surface area contributed by atoms with Crippen LogP contribution in [0.5, 0.6) is 0 Å². The smallest absolute Gasteiger partial charge is 0.275 e. The van der Waals surface area contributed by atoms with Gasteiger partial charge in [0.1, 0.15) is 5.69 Å². The van der Waals surface area contributed by atoms with Crippen molar-refractivity contribution < 1.29 is 4.79 Å². The SMILES string of the molecule is CCc1cccc2c1[nH]c1cc(NC(=O)c3cn4cc(C)sc4n3)ccc12. The van der Waals surface area contributed by atoms with Gasteiger partial charge in [-0.1, -0.05) is 31.2 Å². The van der Waals surface area contributed by atoms with Crippen molar-refractivity contribution in [2.75, 3.05) is 5.32 Å². The molecular weight excluding hydrogens is 356 g/mol. The number of rotatable bonds is 3. The van der Waals surface area contributed by atoms with Crippen LogP contribution in [0.2, 0.25) is 0 Å². The molecule has 6 heteroatoms. The standard InChI is InChI=1S/C21H18N4OS/c1-3-13-5-4-6-16-15-8-7-14(9-17(15)23-19(13)16)22-20(26)18-11-25-10-12(2)27-21(25)24-18/h4-11,23H,3H2,1-2H3,(H,22,26). The van der Waals surface area contributed by atoms with Crippen LogP contribution in [-0.4, -0.2) is 20.3 Å². The van der Waals surface area contributed by atoms with Crippen molar-refractivity contribution in [2.24, 2.45) is 0 Å². The second kappa shape index (κ2) is 5.96. The second-order valence-corrected chi connectivity index (χ2v) is 7.90. The summed E-state index contributed by atoms with van der Waals surface area (Å²) in [7, 11) is 0. The number of para-hydroxylation sites is 1. The van der Waals surface area contributed by atoms with Gasteiger partial charge < -0.3 is 10.3 Å². The zero-order chi connectivity index (χ0) is 18.5. The van der Waals surface area contributed by atoms with Crippen LogP contribution in [0.4, 0.5) is 5.69 Å². The number of carbonyl (C=O) groups is 1. The van der Waals surface area contributed by atoms with Crippen molar-refractivity contribution in [2.45, 2.75) is 20.3 Å². The van der Waals surface area contributed by atoms with Gasteiger partial charge in [-0.3, -0.25) is 9.20 Å². The highest BCUT2D eigenvalue weighted by atomic mass is 32.1. The topological polar surface area (TPSA) is 62.2 Å². The summed E-state index contributed by atoms with van der Waals surface area (Å²) >= 11 is 1.57. The van der Waals surface area contributed by atoms with E-state index in [4.69, 9.17) is 0 Å². The summed E-state index contributed by atoms with van der Waals surface area (Å²) in [5.74, 6) is -0.201. The normalized spacial score (nSPS) is 11.6. The van der Waals surface area contributed by atoms with Gasteiger partial charge in [0, 0.05) is 44.8 Å². The number of hydrogen-bond donors (Lipinski definition) is 2. The van der Waals surface area contributed by atoms with Crippen molar-refractivity contribution >= 4 is 49.7 Å². The lowest BCUT2D eigenvalue weighted by Gasteiger charge is -2.03. The molecule has 27 heavy (non-hydrogen) atoms. The van der Waals surface area contributed by atoms with E-state index in [1.54, 1.807) is 17.5 Å². The molecular formula is C21H18N4OS. The third-order valence-corrected chi connectivity index (χ3v) is 5.78. The lowest BCUT2D eigenvalue weighted by atomic mass is 10.1.